The summed E-state index contributed by atoms with van der Waals surface area (Å²) in [5, 5.41) is 10.4. The standard InChI is InChI=1S/C82H72N2/c1-79(2,3)55-35-39-61-69(47-55)83-67-41-53(71-63(49-25-17-13-18-26-49)43-57(81(7,8)9)44-64(71)50-27-19-14-20-28-50)33-37-59(67)74-76-62-40-36-56(80(4,5)6)48-70(62)84-68-42-54(34-38-60(68)73(78(76)84)75(61)77(74)83)72-65(51-29-21-15-22-30-51)45-58(82(10,11)12)46-66(72)52-31-23-16-24-32-52/h13-48H,1-12H3. The first kappa shape index (κ1) is 51.9. The van der Waals surface area contributed by atoms with Gasteiger partial charge in [0.15, 0.2) is 0 Å². The van der Waals surface area contributed by atoms with Gasteiger partial charge < -0.3 is 8.80 Å². The predicted molar refractivity (Wildman–Crippen MR) is 363 cm³/mol. The van der Waals surface area contributed by atoms with Crippen LogP contribution in [0.15, 0.2) is 218 Å². The lowest BCUT2D eigenvalue weighted by atomic mass is 9.79. The quantitative estimate of drug-likeness (QED) is 0.157. The van der Waals surface area contributed by atoms with Gasteiger partial charge in [-0.25, -0.2) is 0 Å². The van der Waals surface area contributed by atoms with Gasteiger partial charge in [0.25, 0.3) is 0 Å². The van der Waals surface area contributed by atoms with Crippen LogP contribution in [-0.2, 0) is 21.7 Å². The summed E-state index contributed by atoms with van der Waals surface area (Å²) < 4.78 is 5.35. The maximum atomic E-state index is 2.67. The Morgan fingerprint density at radius 2 is 0.476 bits per heavy atom. The molecule has 2 heteroatoms. The summed E-state index contributed by atoms with van der Waals surface area (Å²) >= 11 is 0. The molecule has 0 aliphatic heterocycles. The van der Waals surface area contributed by atoms with Crippen molar-refractivity contribution < 1.29 is 0 Å². The largest absolute Gasteiger partial charge is 0.308 e. The van der Waals surface area contributed by atoms with Gasteiger partial charge in [0, 0.05) is 43.1 Å². The summed E-state index contributed by atoms with van der Waals surface area (Å²) in [6.07, 6.45) is 0. The Balaban J connectivity index is 1.11. The van der Waals surface area contributed by atoms with E-state index in [4.69, 9.17) is 0 Å². The van der Waals surface area contributed by atoms with Gasteiger partial charge in [-0.1, -0.05) is 253 Å². The van der Waals surface area contributed by atoms with E-state index < -0.39 is 0 Å². The summed E-state index contributed by atoms with van der Waals surface area (Å²) in [7, 11) is 0. The van der Waals surface area contributed by atoms with Crippen LogP contribution < -0.4 is 0 Å². The average Bonchev–Trinajstić information content (AvgIpc) is 1.51. The highest BCUT2D eigenvalue weighted by atomic mass is 14.9. The maximum Gasteiger partial charge on any atom is 0.0634 e. The van der Waals surface area contributed by atoms with Gasteiger partial charge in [0.2, 0.25) is 0 Å². The van der Waals surface area contributed by atoms with E-state index in [1.54, 1.807) is 0 Å². The van der Waals surface area contributed by atoms with E-state index in [0.29, 0.717) is 0 Å². The molecule has 0 spiro atoms. The minimum atomic E-state index is -0.0689. The van der Waals surface area contributed by atoms with Crippen molar-refractivity contribution in [3.8, 4) is 66.8 Å². The zero-order valence-corrected chi connectivity index (χ0v) is 50.7. The number of rotatable bonds is 6. The normalized spacial score (nSPS) is 13.0. The van der Waals surface area contributed by atoms with Crippen LogP contribution in [0.25, 0.3) is 143 Å². The van der Waals surface area contributed by atoms with Crippen LogP contribution in [0.2, 0.25) is 0 Å². The summed E-state index contributed by atoms with van der Waals surface area (Å²) in [5.74, 6) is 0. The van der Waals surface area contributed by atoms with Crippen molar-refractivity contribution in [1.82, 2.24) is 8.80 Å². The fourth-order valence-electron chi connectivity index (χ4n) is 14.1. The van der Waals surface area contributed by atoms with Gasteiger partial charge >= 0.3 is 0 Å². The Morgan fingerprint density at radius 1 is 0.226 bits per heavy atom. The monoisotopic (exact) mass is 1080 g/mol. The predicted octanol–water partition coefficient (Wildman–Crippen LogP) is 23.2. The van der Waals surface area contributed by atoms with Crippen LogP contribution in [0.3, 0.4) is 0 Å². The molecule has 0 bridgehead atoms. The lowest BCUT2D eigenvalue weighted by molar-refractivity contribution is 0.590. The lowest BCUT2D eigenvalue weighted by Crippen LogP contribution is -2.12. The van der Waals surface area contributed by atoms with Gasteiger partial charge in [0.1, 0.15) is 0 Å². The third-order valence-corrected chi connectivity index (χ3v) is 18.6. The van der Waals surface area contributed by atoms with Crippen LogP contribution in [0.4, 0.5) is 0 Å². The van der Waals surface area contributed by atoms with E-state index in [1.165, 1.54) is 165 Å². The minimum absolute atomic E-state index is 0.0641. The van der Waals surface area contributed by atoms with Crippen molar-refractivity contribution in [3.63, 3.8) is 0 Å². The maximum absolute atomic E-state index is 2.67. The molecular formula is C82H72N2. The number of hydrogen-bond acceptors (Lipinski definition) is 0. The molecule has 84 heavy (non-hydrogen) atoms. The SMILES string of the molecule is CC(C)(C)c1cc(-c2ccccc2)c(-c2ccc3c4c5c6ccc(C(C)(C)C)cc6n6c7cc(-c8c(-c9ccccc9)cc(C(C)(C)C)cc8-c8ccccc8)ccc7c(c7c8ccc(C(C)(C)C)cc8n(c3c2)c47)c56)c(-c2ccccc2)c1. The molecule has 15 rings (SSSR count). The first-order valence-electron chi connectivity index (χ1n) is 30.2. The van der Waals surface area contributed by atoms with Gasteiger partial charge in [-0.2, -0.15) is 0 Å². The first-order valence-corrected chi connectivity index (χ1v) is 30.2. The lowest BCUT2D eigenvalue weighted by Gasteiger charge is -2.25. The summed E-state index contributed by atoms with van der Waals surface area (Å²) in [6.45, 7) is 28.1. The van der Waals surface area contributed by atoms with E-state index in [2.05, 4.69) is 310 Å². The molecular weight excluding hydrogens is 1010 g/mol. The highest BCUT2D eigenvalue weighted by Crippen LogP contribution is 2.55. The van der Waals surface area contributed by atoms with Crippen LogP contribution in [0, 0.1) is 0 Å². The van der Waals surface area contributed by atoms with E-state index in [-0.39, 0.29) is 21.7 Å². The zero-order chi connectivity index (χ0) is 57.9. The van der Waals surface area contributed by atoms with E-state index in [9.17, 15) is 0 Å². The zero-order valence-electron chi connectivity index (χ0n) is 50.7. The Labute approximate surface area is 494 Å². The van der Waals surface area contributed by atoms with Crippen molar-refractivity contribution in [3.05, 3.63) is 241 Å². The number of fused-ring (bicyclic) bond motifs is 14. The Kier molecular flexibility index (Phi) is 11.3. The molecule has 4 aromatic heterocycles. The number of benzene rings is 11. The first-order chi connectivity index (χ1) is 40.2. The fraction of sp³-hybridized carbons (Fsp3) is 0.195. The molecule has 0 radical (unpaired) electrons. The summed E-state index contributed by atoms with van der Waals surface area (Å²) in [5.41, 5.74) is 27.4. The summed E-state index contributed by atoms with van der Waals surface area (Å²) in [4.78, 5) is 0. The Hall–Kier alpha value is -8.98. The molecule has 15 aromatic rings. The molecule has 0 N–H and O–H groups in total. The van der Waals surface area contributed by atoms with Crippen molar-refractivity contribution in [1.29, 1.82) is 0 Å². The highest BCUT2D eigenvalue weighted by Gasteiger charge is 2.32. The number of hydrogen-bond donors (Lipinski definition) is 0. The van der Waals surface area contributed by atoms with Crippen molar-refractivity contribution in [2.75, 3.05) is 0 Å². The highest BCUT2D eigenvalue weighted by molar-refractivity contribution is 6.45. The molecule has 0 atom stereocenters. The van der Waals surface area contributed by atoms with Crippen molar-refractivity contribution in [2.24, 2.45) is 0 Å². The van der Waals surface area contributed by atoms with Gasteiger partial charge in [-0.05, 0) is 159 Å². The van der Waals surface area contributed by atoms with E-state index >= 15 is 0 Å². The van der Waals surface area contributed by atoms with Crippen LogP contribution in [-0.4, -0.2) is 8.80 Å². The van der Waals surface area contributed by atoms with E-state index in [1.807, 2.05) is 0 Å². The fourth-order valence-corrected chi connectivity index (χ4v) is 14.1. The van der Waals surface area contributed by atoms with E-state index in [0.717, 1.165) is 0 Å². The van der Waals surface area contributed by atoms with Crippen molar-refractivity contribution in [2.45, 2.75) is 105 Å². The van der Waals surface area contributed by atoms with Crippen LogP contribution in [0.1, 0.15) is 105 Å². The second-order valence-corrected chi connectivity index (χ2v) is 28.2. The van der Waals surface area contributed by atoms with Crippen LogP contribution in [0.5, 0.6) is 0 Å². The molecule has 11 aromatic carbocycles. The topological polar surface area (TPSA) is 8.82 Å². The molecule has 0 unspecified atom stereocenters. The molecule has 0 saturated heterocycles. The second-order valence-electron chi connectivity index (χ2n) is 28.2. The number of aromatic nitrogens is 2. The molecule has 4 heterocycles. The molecule has 0 aliphatic rings. The second kappa shape index (κ2) is 18.3. The molecule has 0 amide bonds. The third kappa shape index (κ3) is 7.90. The molecule has 0 fully saturated rings. The Morgan fingerprint density at radius 3 is 0.738 bits per heavy atom. The average molecular weight is 1090 g/mol. The molecule has 0 saturated carbocycles. The van der Waals surface area contributed by atoms with Crippen molar-refractivity contribution >= 4 is 76.2 Å². The van der Waals surface area contributed by atoms with Gasteiger partial charge in [0.05, 0.1) is 33.1 Å². The minimum Gasteiger partial charge on any atom is -0.308 e. The van der Waals surface area contributed by atoms with Crippen LogP contribution >= 0.6 is 0 Å². The molecule has 2 nitrogen and oxygen atoms in total. The van der Waals surface area contributed by atoms with Gasteiger partial charge in [-0.15, -0.1) is 0 Å². The molecule has 0 aliphatic carbocycles. The Bertz CT molecular complexity index is 4650. The smallest absolute Gasteiger partial charge is 0.0634 e. The third-order valence-electron chi connectivity index (χ3n) is 18.6. The number of nitrogens with zero attached hydrogens (tertiary/aromatic N) is 2. The summed E-state index contributed by atoms with van der Waals surface area (Å²) in [6, 6.07) is 83.7. The molecule has 410 valence electrons. The van der Waals surface area contributed by atoms with Gasteiger partial charge in [-0.3, -0.25) is 0 Å².